The average molecular weight is 458 g/mol. The number of sulfone groups is 1. The van der Waals surface area contributed by atoms with Crippen molar-refractivity contribution in [2.45, 2.75) is 48.3 Å². The van der Waals surface area contributed by atoms with Gasteiger partial charge in [-0.05, 0) is 50.2 Å². The molecule has 1 saturated carbocycles. The van der Waals surface area contributed by atoms with Crippen LogP contribution in [0, 0.1) is 5.92 Å². The van der Waals surface area contributed by atoms with E-state index in [9.17, 15) is 13.2 Å². The lowest BCUT2D eigenvalue weighted by molar-refractivity contribution is -0.120. The number of hydrogen-bond acceptors (Lipinski definition) is 6. The molecular weight excluding hydrogens is 430 g/mol. The molecule has 1 saturated heterocycles. The van der Waals surface area contributed by atoms with Crippen molar-refractivity contribution in [3.05, 3.63) is 36.7 Å². The van der Waals surface area contributed by atoms with Crippen molar-refractivity contribution in [1.82, 2.24) is 19.6 Å². The molecule has 1 N–H and O–H groups in total. The second-order valence-corrected chi connectivity index (χ2v) is 10.9. The zero-order valence-electron chi connectivity index (χ0n) is 18.0. The second kappa shape index (κ2) is 8.32. The van der Waals surface area contributed by atoms with Crippen molar-refractivity contribution in [2.24, 2.45) is 13.0 Å². The number of amides is 1. The molecule has 0 spiro atoms. The standard InChI is InChI=1S/C22H27N5O4S/c1-26-10-7-21(25-26)24-22(28)19(13-15-8-11-31-12-9-15)27-18-3-2-4-20(17(18)14-23-27)32(29,30)16-5-6-16/h2-4,7,10,14-16,19H,5-6,8-9,11-13H2,1H3,(H,24,25,28). The van der Waals surface area contributed by atoms with Crippen LogP contribution in [0.4, 0.5) is 5.82 Å². The molecule has 1 aliphatic heterocycles. The number of fused-ring (bicyclic) bond motifs is 1. The molecule has 1 aliphatic carbocycles. The zero-order chi connectivity index (χ0) is 22.3. The van der Waals surface area contributed by atoms with Crippen LogP contribution in [0.25, 0.3) is 10.9 Å². The van der Waals surface area contributed by atoms with Crippen LogP contribution in [0.15, 0.2) is 41.6 Å². The number of hydrogen-bond donors (Lipinski definition) is 1. The number of ether oxygens (including phenoxy) is 1. The van der Waals surface area contributed by atoms with Gasteiger partial charge in [-0.15, -0.1) is 0 Å². The largest absolute Gasteiger partial charge is 0.381 e. The van der Waals surface area contributed by atoms with Gasteiger partial charge in [0.15, 0.2) is 15.7 Å². The van der Waals surface area contributed by atoms with Crippen LogP contribution >= 0.6 is 0 Å². The third kappa shape index (κ3) is 4.04. The zero-order valence-corrected chi connectivity index (χ0v) is 18.8. The number of aromatic nitrogens is 4. The molecule has 5 rings (SSSR count). The lowest BCUT2D eigenvalue weighted by Gasteiger charge is -2.26. The fourth-order valence-corrected chi connectivity index (χ4v) is 6.25. The summed E-state index contributed by atoms with van der Waals surface area (Å²) in [5.41, 5.74) is 0.653. The quantitative estimate of drug-likeness (QED) is 0.584. The summed E-state index contributed by atoms with van der Waals surface area (Å²) in [6.45, 7) is 1.37. The van der Waals surface area contributed by atoms with Gasteiger partial charge in [0.05, 0.1) is 21.9 Å². The van der Waals surface area contributed by atoms with Gasteiger partial charge >= 0.3 is 0 Å². The maximum absolute atomic E-state index is 13.4. The molecule has 1 unspecified atom stereocenters. The van der Waals surface area contributed by atoms with E-state index in [2.05, 4.69) is 15.5 Å². The molecular formula is C22H27N5O4S. The molecule has 3 aromatic rings. The first-order valence-electron chi connectivity index (χ1n) is 11.0. The maximum Gasteiger partial charge on any atom is 0.250 e. The minimum Gasteiger partial charge on any atom is -0.381 e. The van der Waals surface area contributed by atoms with Gasteiger partial charge in [-0.2, -0.15) is 10.2 Å². The van der Waals surface area contributed by atoms with Crippen molar-refractivity contribution in [3.63, 3.8) is 0 Å². The Morgan fingerprint density at radius 3 is 2.69 bits per heavy atom. The molecule has 32 heavy (non-hydrogen) atoms. The Hall–Kier alpha value is -2.72. The summed E-state index contributed by atoms with van der Waals surface area (Å²) in [5, 5.41) is 11.9. The molecule has 0 bridgehead atoms. The smallest absolute Gasteiger partial charge is 0.250 e. The lowest BCUT2D eigenvalue weighted by atomic mass is 9.92. The number of rotatable bonds is 7. The highest BCUT2D eigenvalue weighted by Gasteiger charge is 2.38. The summed E-state index contributed by atoms with van der Waals surface area (Å²) in [6, 6.07) is 6.36. The molecule has 1 aromatic carbocycles. The monoisotopic (exact) mass is 457 g/mol. The minimum atomic E-state index is -3.38. The summed E-state index contributed by atoms with van der Waals surface area (Å²) in [6.07, 6.45) is 7.11. The topological polar surface area (TPSA) is 108 Å². The molecule has 1 atom stereocenters. The molecule has 1 amide bonds. The highest BCUT2D eigenvalue weighted by molar-refractivity contribution is 7.92. The fraction of sp³-hybridized carbons (Fsp3) is 0.500. The second-order valence-electron chi connectivity index (χ2n) is 8.69. The summed E-state index contributed by atoms with van der Waals surface area (Å²) < 4.78 is 34.7. The van der Waals surface area contributed by atoms with Gasteiger partial charge in [-0.1, -0.05) is 6.07 Å². The highest BCUT2D eigenvalue weighted by atomic mass is 32.2. The molecule has 2 fully saturated rings. The van der Waals surface area contributed by atoms with Crippen molar-refractivity contribution in [1.29, 1.82) is 0 Å². The molecule has 3 heterocycles. The van der Waals surface area contributed by atoms with Crippen LogP contribution < -0.4 is 5.32 Å². The summed E-state index contributed by atoms with van der Waals surface area (Å²) >= 11 is 0. The third-order valence-corrected chi connectivity index (χ3v) is 8.65. The predicted octanol–water partition coefficient (Wildman–Crippen LogP) is 2.70. The van der Waals surface area contributed by atoms with E-state index in [0.29, 0.717) is 60.0 Å². The van der Waals surface area contributed by atoms with E-state index < -0.39 is 15.9 Å². The first kappa shape index (κ1) is 21.1. The van der Waals surface area contributed by atoms with Crippen molar-refractivity contribution >= 4 is 32.5 Å². The van der Waals surface area contributed by atoms with Crippen LogP contribution in [-0.4, -0.2) is 52.3 Å². The average Bonchev–Trinajstić information content (AvgIpc) is 3.46. The Labute approximate surface area is 186 Å². The maximum atomic E-state index is 13.4. The number of anilines is 1. The number of benzene rings is 1. The predicted molar refractivity (Wildman–Crippen MR) is 119 cm³/mol. The Balaban J connectivity index is 1.52. The molecule has 2 aliphatic rings. The van der Waals surface area contributed by atoms with Crippen LogP contribution in [0.2, 0.25) is 0 Å². The number of aryl methyl sites for hydroxylation is 1. The van der Waals surface area contributed by atoms with Crippen molar-refractivity contribution < 1.29 is 17.9 Å². The number of carbonyl (C=O) groups excluding carboxylic acids is 1. The van der Waals surface area contributed by atoms with Crippen LogP contribution in [0.5, 0.6) is 0 Å². The van der Waals surface area contributed by atoms with E-state index in [1.807, 2.05) is 6.07 Å². The third-order valence-electron chi connectivity index (χ3n) is 6.33. The molecule has 2 aromatic heterocycles. The van der Waals surface area contributed by atoms with Gasteiger partial charge in [0.25, 0.3) is 0 Å². The number of carbonyl (C=O) groups is 1. The highest BCUT2D eigenvalue weighted by Crippen LogP contribution is 2.37. The minimum absolute atomic E-state index is 0.212. The Bertz CT molecular complexity index is 1240. The Morgan fingerprint density at radius 2 is 2.00 bits per heavy atom. The molecule has 0 radical (unpaired) electrons. The summed E-state index contributed by atoms with van der Waals surface area (Å²) in [4.78, 5) is 13.7. The Kier molecular flexibility index (Phi) is 5.50. The van der Waals surface area contributed by atoms with Crippen molar-refractivity contribution in [3.8, 4) is 0 Å². The number of nitrogens with one attached hydrogen (secondary N) is 1. The molecule has 10 heteroatoms. The van der Waals surface area contributed by atoms with Gasteiger partial charge in [-0.25, -0.2) is 8.42 Å². The van der Waals surface area contributed by atoms with Gasteiger partial charge < -0.3 is 10.1 Å². The van der Waals surface area contributed by atoms with E-state index in [1.54, 1.807) is 47.0 Å². The molecule has 170 valence electrons. The first-order chi connectivity index (χ1) is 15.4. The molecule has 9 nitrogen and oxygen atoms in total. The van der Waals surface area contributed by atoms with E-state index >= 15 is 0 Å². The summed E-state index contributed by atoms with van der Waals surface area (Å²) in [5.74, 6) is 0.583. The van der Waals surface area contributed by atoms with E-state index in [4.69, 9.17) is 4.74 Å². The van der Waals surface area contributed by atoms with Gasteiger partial charge in [0.1, 0.15) is 6.04 Å². The Morgan fingerprint density at radius 1 is 1.22 bits per heavy atom. The van der Waals surface area contributed by atoms with E-state index in [1.165, 1.54) is 0 Å². The number of nitrogens with zero attached hydrogens (tertiary/aromatic N) is 4. The van der Waals surface area contributed by atoms with Gasteiger partial charge in [-0.3, -0.25) is 14.2 Å². The van der Waals surface area contributed by atoms with Gasteiger partial charge in [0, 0.05) is 37.9 Å². The normalized spacial score (nSPS) is 18.7. The van der Waals surface area contributed by atoms with Crippen LogP contribution in [-0.2, 0) is 26.4 Å². The fourth-order valence-electron chi connectivity index (χ4n) is 4.41. The van der Waals surface area contributed by atoms with E-state index in [0.717, 1.165) is 12.8 Å². The summed E-state index contributed by atoms with van der Waals surface area (Å²) in [7, 11) is -1.59. The van der Waals surface area contributed by atoms with Gasteiger partial charge in [0.2, 0.25) is 5.91 Å². The lowest BCUT2D eigenvalue weighted by Crippen LogP contribution is -2.30. The van der Waals surface area contributed by atoms with Crippen molar-refractivity contribution in [2.75, 3.05) is 18.5 Å². The van der Waals surface area contributed by atoms with Crippen LogP contribution in [0.1, 0.15) is 38.1 Å². The first-order valence-corrected chi connectivity index (χ1v) is 12.6. The van der Waals surface area contributed by atoms with Crippen LogP contribution in [0.3, 0.4) is 0 Å². The SMILES string of the molecule is Cn1ccc(NC(=O)C(CC2CCOCC2)n2ncc3c(S(=O)(=O)C4CC4)cccc32)n1. The van der Waals surface area contributed by atoms with E-state index in [-0.39, 0.29) is 11.2 Å².